The van der Waals surface area contributed by atoms with Crippen molar-refractivity contribution in [2.24, 2.45) is 5.41 Å². The number of aryl methyl sites for hydroxylation is 1. The zero-order valence-electron chi connectivity index (χ0n) is 23.4. The number of fused-ring (bicyclic) bond motifs is 1. The Bertz CT molecular complexity index is 1770. The molecule has 0 bridgehead atoms. The highest BCUT2D eigenvalue weighted by atomic mass is 35.5. The summed E-state index contributed by atoms with van der Waals surface area (Å²) in [6.07, 6.45) is -7.08. The molecule has 1 aliphatic carbocycles. The molecule has 0 radical (unpaired) electrons. The van der Waals surface area contributed by atoms with Gasteiger partial charge in [0.25, 0.3) is 0 Å². The molecule has 1 saturated carbocycles. The van der Waals surface area contributed by atoms with E-state index >= 15 is 0 Å². The first-order valence-electron chi connectivity index (χ1n) is 13.2. The SMILES string of the molecule is Cc1nc(F)ccc1[C@H](Nc1cc(Cl)c2ncc(C#N)c(NCC(C)(C)C(F)(F)F)c2c1)c1cn(C2(C(F)(F)F)CC2)nn1. The smallest absolute Gasteiger partial charge is 0.382 e. The van der Waals surface area contributed by atoms with E-state index in [2.05, 4.69) is 30.9 Å². The van der Waals surface area contributed by atoms with Crippen LogP contribution in [0.3, 0.4) is 0 Å². The quantitative estimate of drug-likeness (QED) is 0.152. The molecule has 0 spiro atoms. The Labute approximate surface area is 251 Å². The Morgan fingerprint density at radius 2 is 1.84 bits per heavy atom. The number of alkyl halides is 6. The zero-order valence-corrected chi connectivity index (χ0v) is 24.1. The average Bonchev–Trinajstić information content (AvgIpc) is 3.61. The number of benzene rings is 1. The Kier molecular flexibility index (Phi) is 7.64. The second-order valence-corrected chi connectivity index (χ2v) is 11.7. The van der Waals surface area contributed by atoms with Crippen LogP contribution in [-0.2, 0) is 5.54 Å². The number of nitrogens with zero attached hydrogens (tertiary/aromatic N) is 6. The maximum atomic E-state index is 13.9. The van der Waals surface area contributed by atoms with Gasteiger partial charge in [0.1, 0.15) is 11.8 Å². The van der Waals surface area contributed by atoms with Gasteiger partial charge >= 0.3 is 12.4 Å². The molecule has 16 heteroatoms. The summed E-state index contributed by atoms with van der Waals surface area (Å²) >= 11 is 6.53. The lowest BCUT2D eigenvalue weighted by molar-refractivity contribution is -0.206. The van der Waals surface area contributed by atoms with Crippen molar-refractivity contribution in [1.82, 2.24) is 25.0 Å². The minimum Gasteiger partial charge on any atom is -0.382 e. The number of aromatic nitrogens is 5. The molecule has 4 aromatic rings. The molecule has 3 aromatic heterocycles. The minimum absolute atomic E-state index is 0.0383. The highest BCUT2D eigenvalue weighted by Crippen LogP contribution is 2.55. The predicted octanol–water partition coefficient (Wildman–Crippen LogP) is 7.45. The molecule has 0 unspecified atom stereocenters. The Morgan fingerprint density at radius 3 is 2.43 bits per heavy atom. The van der Waals surface area contributed by atoms with Gasteiger partial charge in [-0.05, 0) is 51.8 Å². The number of hydrogen-bond donors (Lipinski definition) is 2. The van der Waals surface area contributed by atoms with Crippen molar-refractivity contribution < 1.29 is 30.7 Å². The van der Waals surface area contributed by atoms with Crippen LogP contribution >= 0.6 is 11.6 Å². The van der Waals surface area contributed by atoms with Gasteiger partial charge in [-0.1, -0.05) is 22.9 Å². The molecule has 0 aliphatic heterocycles. The molecule has 0 amide bonds. The minimum atomic E-state index is -4.56. The molecule has 8 nitrogen and oxygen atoms in total. The van der Waals surface area contributed by atoms with Crippen molar-refractivity contribution in [1.29, 1.82) is 5.26 Å². The van der Waals surface area contributed by atoms with Crippen molar-refractivity contribution in [2.75, 3.05) is 17.2 Å². The van der Waals surface area contributed by atoms with Gasteiger partial charge in [-0.3, -0.25) is 4.98 Å². The lowest BCUT2D eigenvalue weighted by Crippen LogP contribution is -2.38. The second kappa shape index (κ2) is 10.8. The molecule has 1 aliphatic rings. The highest BCUT2D eigenvalue weighted by Gasteiger charge is 2.66. The zero-order chi connectivity index (χ0) is 32.2. The number of nitrogens with one attached hydrogen (secondary N) is 2. The lowest BCUT2D eigenvalue weighted by Gasteiger charge is -2.28. The number of pyridine rings is 2. The van der Waals surface area contributed by atoms with Gasteiger partial charge in [0.2, 0.25) is 5.95 Å². The molecule has 44 heavy (non-hydrogen) atoms. The van der Waals surface area contributed by atoms with Crippen LogP contribution in [0, 0.1) is 29.6 Å². The highest BCUT2D eigenvalue weighted by molar-refractivity contribution is 6.35. The first kappa shape index (κ1) is 31.2. The van der Waals surface area contributed by atoms with Crippen LogP contribution in [0.4, 0.5) is 42.1 Å². The lowest BCUT2D eigenvalue weighted by atomic mass is 9.92. The monoisotopic (exact) mass is 640 g/mol. The van der Waals surface area contributed by atoms with Gasteiger partial charge < -0.3 is 10.6 Å². The van der Waals surface area contributed by atoms with Gasteiger partial charge in [-0.15, -0.1) is 5.10 Å². The van der Waals surface area contributed by atoms with E-state index in [1.807, 2.05) is 6.07 Å². The first-order valence-corrected chi connectivity index (χ1v) is 13.6. The van der Waals surface area contributed by atoms with Crippen LogP contribution in [0.1, 0.15) is 55.2 Å². The molecule has 3 heterocycles. The summed E-state index contributed by atoms with van der Waals surface area (Å²) < 4.78 is 96.8. The number of rotatable bonds is 8. The van der Waals surface area contributed by atoms with Crippen LogP contribution < -0.4 is 10.6 Å². The third-order valence-corrected chi connectivity index (χ3v) is 8.02. The maximum absolute atomic E-state index is 13.9. The van der Waals surface area contributed by atoms with E-state index in [0.717, 1.165) is 30.8 Å². The maximum Gasteiger partial charge on any atom is 0.413 e. The van der Waals surface area contributed by atoms with E-state index in [1.54, 1.807) is 0 Å². The summed E-state index contributed by atoms with van der Waals surface area (Å²) in [6, 6.07) is 6.32. The van der Waals surface area contributed by atoms with Crippen molar-refractivity contribution in [2.45, 2.75) is 57.5 Å². The van der Waals surface area contributed by atoms with Crippen LogP contribution in [0.25, 0.3) is 10.9 Å². The summed E-state index contributed by atoms with van der Waals surface area (Å²) in [5.74, 6) is -0.774. The van der Waals surface area contributed by atoms with Gasteiger partial charge in [-0.25, -0.2) is 9.67 Å². The fraction of sp³-hybridized carbons (Fsp3) is 0.393. The van der Waals surface area contributed by atoms with Crippen molar-refractivity contribution in [3.8, 4) is 6.07 Å². The molecule has 232 valence electrons. The van der Waals surface area contributed by atoms with E-state index < -0.39 is 41.8 Å². The molecular weight excluding hydrogens is 617 g/mol. The van der Waals surface area contributed by atoms with Crippen LogP contribution in [0.2, 0.25) is 5.02 Å². The van der Waals surface area contributed by atoms with E-state index in [1.165, 1.54) is 31.3 Å². The van der Waals surface area contributed by atoms with E-state index in [0.29, 0.717) is 5.56 Å². The van der Waals surface area contributed by atoms with Gasteiger partial charge in [0.05, 0.1) is 39.4 Å². The predicted molar refractivity (Wildman–Crippen MR) is 147 cm³/mol. The largest absolute Gasteiger partial charge is 0.413 e. The van der Waals surface area contributed by atoms with Crippen molar-refractivity contribution >= 4 is 33.9 Å². The van der Waals surface area contributed by atoms with Gasteiger partial charge in [0, 0.05) is 35.1 Å². The molecule has 2 N–H and O–H groups in total. The van der Waals surface area contributed by atoms with Crippen LogP contribution in [0.15, 0.2) is 36.7 Å². The standard InChI is InChI=1S/C28H24ClF7N8/c1-14-17(4-5-21(30)40-14)24(20-12-44(43-42-20)26(6-7-26)28(34,35)36)41-16-8-18-22(39-13-25(2,3)27(31,32)33)15(10-37)11-38-23(18)19(29)9-16/h4-5,8-9,11-12,24,41H,6-7,13H2,1-3H3,(H,38,39)/t24-/m0/s1. The molecule has 5 rings (SSSR count). The van der Waals surface area contributed by atoms with Gasteiger partial charge in [-0.2, -0.15) is 36.0 Å². The average molecular weight is 641 g/mol. The van der Waals surface area contributed by atoms with Crippen molar-refractivity contribution in [3.05, 3.63) is 70.1 Å². The Morgan fingerprint density at radius 1 is 1.14 bits per heavy atom. The Balaban J connectivity index is 1.60. The number of nitriles is 1. The number of anilines is 2. The topological polar surface area (TPSA) is 104 Å². The summed E-state index contributed by atoms with van der Waals surface area (Å²) in [5.41, 5.74) is -3.24. The first-order chi connectivity index (χ1) is 20.5. The van der Waals surface area contributed by atoms with Crippen LogP contribution in [-0.4, -0.2) is 43.9 Å². The summed E-state index contributed by atoms with van der Waals surface area (Å²) in [5, 5.41) is 23.6. The van der Waals surface area contributed by atoms with E-state index in [9.17, 15) is 36.0 Å². The summed E-state index contributed by atoms with van der Waals surface area (Å²) in [4.78, 5) is 8.02. The fourth-order valence-corrected chi connectivity index (χ4v) is 5.00. The fourth-order valence-electron chi connectivity index (χ4n) is 4.73. The number of hydrogen-bond acceptors (Lipinski definition) is 7. The van der Waals surface area contributed by atoms with E-state index in [4.69, 9.17) is 11.6 Å². The molecular formula is C28H24ClF7N8. The van der Waals surface area contributed by atoms with Gasteiger partial charge in [0.15, 0.2) is 5.54 Å². The normalized spacial score (nSPS) is 15.6. The van der Waals surface area contributed by atoms with Crippen LogP contribution in [0.5, 0.6) is 0 Å². The summed E-state index contributed by atoms with van der Waals surface area (Å²) in [7, 11) is 0. The molecule has 1 aromatic carbocycles. The number of halogens is 8. The molecule has 1 fully saturated rings. The third-order valence-electron chi connectivity index (χ3n) is 7.73. The van der Waals surface area contributed by atoms with E-state index in [-0.39, 0.29) is 57.1 Å². The summed E-state index contributed by atoms with van der Waals surface area (Å²) in [6.45, 7) is 2.96. The second-order valence-electron chi connectivity index (χ2n) is 11.3. The molecule has 1 atom stereocenters. The molecule has 0 saturated heterocycles. The third kappa shape index (κ3) is 5.58. The van der Waals surface area contributed by atoms with Crippen molar-refractivity contribution in [3.63, 3.8) is 0 Å². The Hall–Kier alpha value is -4.19.